The molecule has 2 N–H and O–H groups in total. The van der Waals surface area contributed by atoms with Crippen molar-refractivity contribution in [3.8, 4) is 5.75 Å². The standard InChI is InChI=1S/C17H21F2NO3/c1-11(9-22-13-5-6-14(18)15(19)8-13)20-10-17(3,21)16-7-4-12(2)23-16/h4-8,11,20-21H,9-10H2,1-3H3. The van der Waals surface area contributed by atoms with Crippen molar-refractivity contribution in [3.63, 3.8) is 0 Å². The van der Waals surface area contributed by atoms with Crippen molar-refractivity contribution >= 4 is 0 Å². The molecule has 0 saturated heterocycles. The van der Waals surface area contributed by atoms with Gasteiger partial charge in [-0.05, 0) is 45.0 Å². The van der Waals surface area contributed by atoms with Crippen LogP contribution in [0.4, 0.5) is 8.78 Å². The number of hydrogen-bond donors (Lipinski definition) is 2. The Balaban J connectivity index is 1.82. The third-order valence-electron chi connectivity index (χ3n) is 3.46. The van der Waals surface area contributed by atoms with E-state index < -0.39 is 17.2 Å². The normalized spacial score (nSPS) is 15.2. The summed E-state index contributed by atoms with van der Waals surface area (Å²) in [5.74, 6) is -0.385. The molecule has 2 rings (SSSR count). The average molecular weight is 325 g/mol. The Morgan fingerprint density at radius 3 is 2.61 bits per heavy atom. The van der Waals surface area contributed by atoms with Crippen LogP contribution in [-0.2, 0) is 5.60 Å². The minimum Gasteiger partial charge on any atom is -0.492 e. The zero-order valence-corrected chi connectivity index (χ0v) is 13.4. The summed E-state index contributed by atoms with van der Waals surface area (Å²) in [6, 6.07) is 6.81. The Labute approximate surface area is 134 Å². The Bertz CT molecular complexity index is 655. The van der Waals surface area contributed by atoms with Gasteiger partial charge in [0.05, 0.1) is 0 Å². The molecule has 0 spiro atoms. The van der Waals surface area contributed by atoms with Crippen molar-refractivity contribution in [1.82, 2.24) is 5.32 Å². The number of ether oxygens (including phenoxy) is 1. The first-order chi connectivity index (χ1) is 10.8. The summed E-state index contributed by atoms with van der Waals surface area (Å²) in [6.07, 6.45) is 0. The molecular formula is C17H21F2NO3. The maximum Gasteiger partial charge on any atom is 0.162 e. The average Bonchev–Trinajstić information content (AvgIpc) is 2.94. The maximum atomic E-state index is 13.1. The summed E-state index contributed by atoms with van der Waals surface area (Å²) in [5, 5.41) is 13.5. The fraction of sp³-hybridized carbons (Fsp3) is 0.412. The molecule has 1 aromatic heterocycles. The molecule has 126 valence electrons. The summed E-state index contributed by atoms with van der Waals surface area (Å²) < 4.78 is 36.8. The van der Waals surface area contributed by atoms with Gasteiger partial charge in [-0.3, -0.25) is 0 Å². The van der Waals surface area contributed by atoms with Gasteiger partial charge in [-0.1, -0.05) is 0 Å². The minimum absolute atomic E-state index is 0.106. The van der Waals surface area contributed by atoms with Gasteiger partial charge < -0.3 is 19.6 Å². The van der Waals surface area contributed by atoms with Gasteiger partial charge in [0.1, 0.15) is 29.5 Å². The highest BCUT2D eigenvalue weighted by atomic mass is 19.2. The molecule has 0 aliphatic heterocycles. The number of benzene rings is 1. The van der Waals surface area contributed by atoms with Gasteiger partial charge in [-0.25, -0.2) is 8.78 Å². The molecule has 0 radical (unpaired) electrons. The lowest BCUT2D eigenvalue weighted by molar-refractivity contribution is 0.0298. The molecule has 2 aromatic rings. The van der Waals surface area contributed by atoms with Crippen LogP contribution < -0.4 is 10.1 Å². The first-order valence-electron chi connectivity index (χ1n) is 7.38. The number of rotatable bonds is 7. The summed E-state index contributed by atoms with van der Waals surface area (Å²) in [4.78, 5) is 0. The topological polar surface area (TPSA) is 54.6 Å². The predicted molar refractivity (Wildman–Crippen MR) is 82.3 cm³/mol. The second-order valence-corrected chi connectivity index (χ2v) is 5.85. The molecule has 0 bridgehead atoms. The lowest BCUT2D eigenvalue weighted by atomic mass is 10.0. The fourth-order valence-electron chi connectivity index (χ4n) is 2.03. The SMILES string of the molecule is Cc1ccc(C(C)(O)CNC(C)COc2ccc(F)c(F)c2)o1. The van der Waals surface area contributed by atoms with E-state index in [4.69, 9.17) is 9.15 Å². The molecule has 0 fully saturated rings. The van der Waals surface area contributed by atoms with E-state index in [2.05, 4.69) is 5.32 Å². The van der Waals surface area contributed by atoms with E-state index in [9.17, 15) is 13.9 Å². The second kappa shape index (κ2) is 7.10. The van der Waals surface area contributed by atoms with Crippen molar-refractivity contribution in [2.45, 2.75) is 32.4 Å². The summed E-state index contributed by atoms with van der Waals surface area (Å²) in [7, 11) is 0. The van der Waals surface area contributed by atoms with Crippen molar-refractivity contribution < 1.29 is 23.0 Å². The highest BCUT2D eigenvalue weighted by molar-refractivity contribution is 5.23. The lowest BCUT2D eigenvalue weighted by Crippen LogP contribution is -2.41. The van der Waals surface area contributed by atoms with E-state index in [1.807, 2.05) is 13.8 Å². The molecule has 2 atom stereocenters. The fourth-order valence-corrected chi connectivity index (χ4v) is 2.03. The van der Waals surface area contributed by atoms with Crippen molar-refractivity contribution in [3.05, 3.63) is 53.5 Å². The number of halogens is 2. The van der Waals surface area contributed by atoms with E-state index in [1.165, 1.54) is 6.07 Å². The summed E-state index contributed by atoms with van der Waals surface area (Å²) in [6.45, 7) is 5.84. The van der Waals surface area contributed by atoms with E-state index in [-0.39, 0.29) is 24.9 Å². The predicted octanol–water partition coefficient (Wildman–Crippen LogP) is 3.13. The summed E-state index contributed by atoms with van der Waals surface area (Å²) in [5.41, 5.74) is -1.15. The quantitative estimate of drug-likeness (QED) is 0.821. The Kier molecular flexibility index (Phi) is 5.38. The molecule has 1 aromatic carbocycles. The summed E-state index contributed by atoms with van der Waals surface area (Å²) >= 11 is 0. The number of aryl methyl sites for hydroxylation is 1. The van der Waals surface area contributed by atoms with Crippen molar-refractivity contribution in [2.75, 3.05) is 13.2 Å². The highest BCUT2D eigenvalue weighted by Crippen LogP contribution is 2.22. The van der Waals surface area contributed by atoms with Crippen molar-refractivity contribution in [2.24, 2.45) is 0 Å². The zero-order chi connectivity index (χ0) is 17.0. The Morgan fingerprint density at radius 1 is 1.26 bits per heavy atom. The molecule has 0 amide bonds. The van der Waals surface area contributed by atoms with Crippen molar-refractivity contribution in [1.29, 1.82) is 0 Å². The van der Waals surface area contributed by atoms with Crippen LogP contribution >= 0.6 is 0 Å². The molecule has 0 aliphatic carbocycles. The molecule has 2 unspecified atom stereocenters. The van der Waals surface area contributed by atoms with Gasteiger partial charge in [-0.15, -0.1) is 0 Å². The largest absolute Gasteiger partial charge is 0.492 e. The minimum atomic E-state index is -1.15. The van der Waals surface area contributed by atoms with E-state index in [0.29, 0.717) is 5.76 Å². The molecule has 4 nitrogen and oxygen atoms in total. The number of furan rings is 1. The third-order valence-corrected chi connectivity index (χ3v) is 3.46. The van der Waals surface area contributed by atoms with Crippen LogP contribution in [-0.4, -0.2) is 24.3 Å². The maximum absolute atomic E-state index is 13.1. The van der Waals surface area contributed by atoms with Crippen LogP contribution in [0.25, 0.3) is 0 Å². The van der Waals surface area contributed by atoms with E-state index in [1.54, 1.807) is 19.1 Å². The van der Waals surface area contributed by atoms with Gasteiger partial charge in [0, 0.05) is 18.7 Å². The molecular weight excluding hydrogens is 304 g/mol. The van der Waals surface area contributed by atoms with E-state index in [0.717, 1.165) is 17.9 Å². The number of nitrogens with one attached hydrogen (secondary N) is 1. The molecule has 23 heavy (non-hydrogen) atoms. The van der Waals surface area contributed by atoms with Crippen LogP contribution in [0.1, 0.15) is 25.4 Å². The highest BCUT2D eigenvalue weighted by Gasteiger charge is 2.27. The first-order valence-corrected chi connectivity index (χ1v) is 7.38. The van der Waals surface area contributed by atoms with Crippen LogP contribution in [0.3, 0.4) is 0 Å². The monoisotopic (exact) mass is 325 g/mol. The smallest absolute Gasteiger partial charge is 0.162 e. The second-order valence-electron chi connectivity index (χ2n) is 5.85. The molecule has 0 aliphatic rings. The van der Waals surface area contributed by atoms with Crippen LogP contribution in [0.15, 0.2) is 34.7 Å². The van der Waals surface area contributed by atoms with Gasteiger partial charge in [-0.2, -0.15) is 0 Å². The van der Waals surface area contributed by atoms with Gasteiger partial charge in [0.2, 0.25) is 0 Å². The van der Waals surface area contributed by atoms with Crippen LogP contribution in [0.2, 0.25) is 0 Å². The first kappa shape index (κ1) is 17.4. The lowest BCUT2D eigenvalue weighted by Gasteiger charge is -2.24. The molecule has 0 saturated carbocycles. The zero-order valence-electron chi connectivity index (χ0n) is 13.4. The van der Waals surface area contributed by atoms with Gasteiger partial charge in [0.25, 0.3) is 0 Å². The number of aliphatic hydroxyl groups is 1. The third kappa shape index (κ3) is 4.77. The Morgan fingerprint density at radius 2 is 2.00 bits per heavy atom. The van der Waals surface area contributed by atoms with Crippen LogP contribution in [0, 0.1) is 18.6 Å². The van der Waals surface area contributed by atoms with Gasteiger partial charge >= 0.3 is 0 Å². The molecule has 6 heteroatoms. The van der Waals surface area contributed by atoms with Crippen LogP contribution in [0.5, 0.6) is 5.75 Å². The molecule has 1 heterocycles. The number of hydrogen-bond acceptors (Lipinski definition) is 4. The van der Waals surface area contributed by atoms with E-state index >= 15 is 0 Å². The van der Waals surface area contributed by atoms with Gasteiger partial charge in [0.15, 0.2) is 11.6 Å². The Hall–Kier alpha value is -1.92.